The maximum atomic E-state index is 11.1. The highest BCUT2D eigenvalue weighted by atomic mass is 16.6. The van der Waals surface area contributed by atoms with Gasteiger partial charge in [0.1, 0.15) is 0 Å². The molecule has 0 bridgehead atoms. The first kappa shape index (κ1) is 10.2. The van der Waals surface area contributed by atoms with Gasteiger partial charge >= 0.3 is 11.2 Å². The molecule has 1 rings (SSSR count). The van der Waals surface area contributed by atoms with Crippen LogP contribution in [0.15, 0.2) is 4.79 Å². The van der Waals surface area contributed by atoms with Gasteiger partial charge in [0.05, 0.1) is 4.92 Å². The SMILES string of the molecule is CCc1c(C)[nH]c(=O)c([N+](=O)[O-])c1O. The van der Waals surface area contributed by atoms with E-state index in [1.807, 2.05) is 0 Å². The monoisotopic (exact) mass is 198 g/mol. The predicted octanol–water partition coefficient (Wildman–Crippen LogP) is 0.860. The first-order valence-corrected chi connectivity index (χ1v) is 4.08. The van der Waals surface area contributed by atoms with E-state index in [4.69, 9.17) is 0 Å². The summed E-state index contributed by atoms with van der Waals surface area (Å²) in [6.45, 7) is 3.33. The number of H-pyrrole nitrogens is 1. The van der Waals surface area contributed by atoms with Crippen LogP contribution in [0.2, 0.25) is 0 Å². The highest BCUT2D eigenvalue weighted by molar-refractivity contribution is 5.50. The van der Waals surface area contributed by atoms with Crippen LogP contribution in [0.5, 0.6) is 5.75 Å². The molecule has 0 amide bonds. The molecule has 0 unspecified atom stereocenters. The van der Waals surface area contributed by atoms with Gasteiger partial charge in [-0.1, -0.05) is 6.92 Å². The van der Waals surface area contributed by atoms with Crippen molar-refractivity contribution in [3.05, 3.63) is 31.7 Å². The molecule has 0 aliphatic carbocycles. The molecule has 14 heavy (non-hydrogen) atoms. The number of nitrogens with zero attached hydrogens (tertiary/aromatic N) is 1. The van der Waals surface area contributed by atoms with E-state index in [9.17, 15) is 20.0 Å². The van der Waals surface area contributed by atoms with Crippen LogP contribution in [-0.2, 0) is 6.42 Å². The maximum Gasteiger partial charge on any atom is 0.375 e. The summed E-state index contributed by atoms with van der Waals surface area (Å²) in [6.07, 6.45) is 0.426. The average molecular weight is 198 g/mol. The molecule has 2 N–H and O–H groups in total. The van der Waals surface area contributed by atoms with Crippen molar-refractivity contribution in [1.82, 2.24) is 4.98 Å². The second-order valence-electron chi connectivity index (χ2n) is 2.87. The van der Waals surface area contributed by atoms with Crippen LogP contribution in [0.4, 0.5) is 5.69 Å². The summed E-state index contributed by atoms with van der Waals surface area (Å²) < 4.78 is 0. The standard InChI is InChI=1S/C8H10N2O4/c1-3-5-4(2)9-8(12)6(7(5)11)10(13)14/h3H2,1-2H3,(H2,9,11,12). The Hall–Kier alpha value is -1.85. The fourth-order valence-corrected chi connectivity index (χ4v) is 1.33. The van der Waals surface area contributed by atoms with Crippen molar-refractivity contribution in [1.29, 1.82) is 0 Å². The zero-order valence-corrected chi connectivity index (χ0v) is 7.83. The number of hydrogen-bond donors (Lipinski definition) is 2. The Kier molecular flexibility index (Phi) is 2.55. The van der Waals surface area contributed by atoms with Crippen LogP contribution in [0, 0.1) is 17.0 Å². The topological polar surface area (TPSA) is 96.2 Å². The number of rotatable bonds is 2. The van der Waals surface area contributed by atoms with Crippen molar-refractivity contribution in [2.75, 3.05) is 0 Å². The molecule has 6 nitrogen and oxygen atoms in total. The Morgan fingerprint density at radius 3 is 2.57 bits per heavy atom. The first-order chi connectivity index (χ1) is 6.49. The molecule has 76 valence electrons. The summed E-state index contributed by atoms with van der Waals surface area (Å²) in [4.78, 5) is 23.0. The van der Waals surface area contributed by atoms with Crippen LogP contribution in [0.1, 0.15) is 18.2 Å². The molecule has 0 fully saturated rings. The molecule has 0 saturated carbocycles. The smallest absolute Gasteiger partial charge is 0.375 e. The third-order valence-corrected chi connectivity index (χ3v) is 2.02. The van der Waals surface area contributed by atoms with Gasteiger partial charge in [0.25, 0.3) is 0 Å². The van der Waals surface area contributed by atoms with E-state index < -0.39 is 21.9 Å². The molecule has 0 aliphatic rings. The minimum absolute atomic E-state index is 0.399. The Balaban J connectivity index is 3.60. The number of nitrogens with one attached hydrogen (secondary N) is 1. The minimum atomic E-state index is -0.882. The number of hydrogen-bond acceptors (Lipinski definition) is 4. The van der Waals surface area contributed by atoms with Gasteiger partial charge in [-0.2, -0.15) is 0 Å². The maximum absolute atomic E-state index is 11.1. The third kappa shape index (κ3) is 1.46. The van der Waals surface area contributed by atoms with E-state index in [-0.39, 0.29) is 0 Å². The summed E-state index contributed by atoms with van der Waals surface area (Å²) in [5.41, 5.74) is -0.799. The lowest BCUT2D eigenvalue weighted by Crippen LogP contribution is -2.14. The number of pyridine rings is 1. The van der Waals surface area contributed by atoms with Crippen molar-refractivity contribution in [3.63, 3.8) is 0 Å². The molecule has 6 heteroatoms. The van der Waals surface area contributed by atoms with Gasteiger partial charge in [0.2, 0.25) is 5.75 Å². The molecule has 1 aromatic rings. The van der Waals surface area contributed by atoms with E-state index in [0.29, 0.717) is 17.7 Å². The van der Waals surface area contributed by atoms with E-state index in [1.54, 1.807) is 13.8 Å². The summed E-state index contributed by atoms with van der Waals surface area (Å²) in [7, 11) is 0. The van der Waals surface area contributed by atoms with E-state index in [1.165, 1.54) is 0 Å². The molecule has 0 aliphatic heterocycles. The molecule has 1 heterocycles. The molecule has 0 spiro atoms. The Bertz CT molecular complexity index is 436. The Morgan fingerprint density at radius 1 is 1.57 bits per heavy atom. The van der Waals surface area contributed by atoms with E-state index in [0.717, 1.165) is 0 Å². The predicted molar refractivity (Wildman–Crippen MR) is 49.5 cm³/mol. The molecule has 0 atom stereocenters. The zero-order valence-electron chi connectivity index (χ0n) is 7.83. The first-order valence-electron chi connectivity index (χ1n) is 4.08. The fraction of sp³-hybridized carbons (Fsp3) is 0.375. The van der Waals surface area contributed by atoms with Gasteiger partial charge in [0.15, 0.2) is 0 Å². The van der Waals surface area contributed by atoms with Crippen molar-refractivity contribution in [2.24, 2.45) is 0 Å². The number of aryl methyl sites for hydroxylation is 1. The van der Waals surface area contributed by atoms with Gasteiger partial charge < -0.3 is 10.1 Å². The van der Waals surface area contributed by atoms with Crippen molar-refractivity contribution >= 4 is 5.69 Å². The van der Waals surface area contributed by atoms with E-state index >= 15 is 0 Å². The van der Waals surface area contributed by atoms with Gasteiger partial charge in [-0.05, 0) is 13.3 Å². The van der Waals surface area contributed by atoms with Crippen LogP contribution < -0.4 is 5.56 Å². The highest BCUT2D eigenvalue weighted by Gasteiger charge is 2.23. The fourth-order valence-electron chi connectivity index (χ4n) is 1.33. The number of nitro groups is 1. The second kappa shape index (κ2) is 3.49. The Morgan fingerprint density at radius 2 is 2.14 bits per heavy atom. The van der Waals surface area contributed by atoms with Crippen LogP contribution in [0.3, 0.4) is 0 Å². The lowest BCUT2D eigenvalue weighted by molar-refractivity contribution is -0.387. The van der Waals surface area contributed by atoms with Crippen molar-refractivity contribution < 1.29 is 10.0 Å². The second-order valence-corrected chi connectivity index (χ2v) is 2.87. The quantitative estimate of drug-likeness (QED) is 0.544. The lowest BCUT2D eigenvalue weighted by Gasteiger charge is -2.04. The molecule has 0 aromatic carbocycles. The Labute approximate surface area is 79.4 Å². The number of aromatic nitrogens is 1. The summed E-state index contributed by atoms with van der Waals surface area (Å²) in [5.74, 6) is -0.529. The summed E-state index contributed by atoms with van der Waals surface area (Å²) in [5, 5.41) is 19.9. The summed E-state index contributed by atoms with van der Waals surface area (Å²) >= 11 is 0. The molecule has 0 saturated heterocycles. The average Bonchev–Trinajstić information content (AvgIpc) is 2.02. The van der Waals surface area contributed by atoms with Crippen molar-refractivity contribution in [2.45, 2.75) is 20.3 Å². The normalized spacial score (nSPS) is 10.1. The van der Waals surface area contributed by atoms with E-state index in [2.05, 4.69) is 4.98 Å². The minimum Gasteiger partial charge on any atom is -0.502 e. The van der Waals surface area contributed by atoms with Crippen LogP contribution in [-0.4, -0.2) is 15.0 Å². The lowest BCUT2D eigenvalue weighted by atomic mass is 10.1. The van der Waals surface area contributed by atoms with Gasteiger partial charge in [-0.3, -0.25) is 14.9 Å². The van der Waals surface area contributed by atoms with Crippen LogP contribution in [0.25, 0.3) is 0 Å². The molecule has 0 radical (unpaired) electrons. The highest BCUT2D eigenvalue weighted by Crippen LogP contribution is 2.27. The zero-order chi connectivity index (χ0) is 10.9. The number of aromatic hydroxyl groups is 1. The molecular weight excluding hydrogens is 188 g/mol. The molecular formula is C8H10N2O4. The summed E-state index contributed by atoms with van der Waals surface area (Å²) in [6, 6.07) is 0. The van der Waals surface area contributed by atoms with Gasteiger partial charge in [0, 0.05) is 11.3 Å². The largest absolute Gasteiger partial charge is 0.502 e. The third-order valence-electron chi connectivity index (χ3n) is 2.02. The molecule has 1 aromatic heterocycles. The van der Waals surface area contributed by atoms with Crippen molar-refractivity contribution in [3.8, 4) is 5.75 Å². The number of aromatic amines is 1. The van der Waals surface area contributed by atoms with Gasteiger partial charge in [-0.25, -0.2) is 0 Å². The van der Waals surface area contributed by atoms with Gasteiger partial charge in [-0.15, -0.1) is 0 Å². The van der Waals surface area contributed by atoms with Crippen LogP contribution >= 0.6 is 0 Å².